The maximum Gasteiger partial charge on any atom is 0.244 e. The number of pyridine rings is 1. The van der Waals surface area contributed by atoms with E-state index in [1.54, 1.807) is 12.3 Å². The van der Waals surface area contributed by atoms with E-state index in [-0.39, 0.29) is 4.90 Å². The number of hydrogen-bond acceptors (Lipinski definition) is 4. The Bertz CT molecular complexity index is 559. The van der Waals surface area contributed by atoms with E-state index in [9.17, 15) is 8.42 Å². The molecule has 0 atom stereocenters. The van der Waals surface area contributed by atoms with Crippen molar-refractivity contribution in [1.82, 2.24) is 9.71 Å². The van der Waals surface area contributed by atoms with E-state index in [0.29, 0.717) is 16.8 Å². The van der Waals surface area contributed by atoms with Crippen molar-refractivity contribution in [3.63, 3.8) is 0 Å². The molecule has 0 aromatic carbocycles. The minimum absolute atomic E-state index is 0.165. The van der Waals surface area contributed by atoms with Gasteiger partial charge in [-0.2, -0.15) is 0 Å². The summed E-state index contributed by atoms with van der Waals surface area (Å²) in [6.45, 7) is 8.30. The van der Waals surface area contributed by atoms with Gasteiger partial charge in [0.15, 0.2) is 0 Å². The van der Waals surface area contributed by atoms with E-state index in [1.807, 2.05) is 27.7 Å². The van der Waals surface area contributed by atoms with E-state index < -0.39 is 15.6 Å². The zero-order valence-corrected chi connectivity index (χ0v) is 14.7. The molecule has 2 N–H and O–H groups in total. The molecule has 0 aliphatic heterocycles. The largest absolute Gasteiger partial charge is 0.369 e. The van der Waals surface area contributed by atoms with Crippen LogP contribution in [0.15, 0.2) is 21.6 Å². The van der Waals surface area contributed by atoms with Gasteiger partial charge in [-0.25, -0.2) is 18.1 Å². The summed E-state index contributed by atoms with van der Waals surface area (Å²) in [6.07, 6.45) is 3.25. The number of nitrogens with zero attached hydrogens (tertiary/aromatic N) is 1. The predicted molar refractivity (Wildman–Crippen MR) is 85.4 cm³/mol. The number of halogens is 1. The van der Waals surface area contributed by atoms with Gasteiger partial charge in [0.1, 0.15) is 10.7 Å². The van der Waals surface area contributed by atoms with E-state index in [1.165, 1.54) is 0 Å². The lowest BCUT2D eigenvalue weighted by Crippen LogP contribution is -2.43. The van der Waals surface area contributed by atoms with Crippen molar-refractivity contribution < 1.29 is 8.42 Å². The van der Waals surface area contributed by atoms with Crippen molar-refractivity contribution >= 4 is 31.8 Å². The Labute approximate surface area is 129 Å². The Kier molecular flexibility index (Phi) is 5.97. The number of anilines is 1. The summed E-state index contributed by atoms with van der Waals surface area (Å²) in [6, 6.07) is 1.56. The molecule has 1 aromatic heterocycles. The first-order valence-corrected chi connectivity index (χ1v) is 8.93. The fraction of sp³-hybridized carbons (Fsp3) is 0.615. The van der Waals surface area contributed by atoms with E-state index in [0.717, 1.165) is 12.8 Å². The number of rotatable bonds is 7. The maximum atomic E-state index is 12.6. The quantitative estimate of drug-likeness (QED) is 0.780. The summed E-state index contributed by atoms with van der Waals surface area (Å²) in [7, 11) is -3.62. The van der Waals surface area contributed by atoms with Crippen LogP contribution in [0.4, 0.5) is 5.82 Å². The summed E-state index contributed by atoms with van der Waals surface area (Å²) in [5, 5.41) is 2.98. The lowest BCUT2D eigenvalue weighted by molar-refractivity contribution is 0.418. The first-order valence-electron chi connectivity index (χ1n) is 6.65. The highest BCUT2D eigenvalue weighted by Crippen LogP contribution is 2.25. The number of nitrogens with one attached hydrogen (secondary N) is 2. The zero-order chi connectivity index (χ0) is 15.4. The molecule has 0 unspecified atom stereocenters. The zero-order valence-electron chi connectivity index (χ0n) is 12.3. The third-order valence-corrected chi connectivity index (χ3v) is 4.88. The number of aromatic nitrogens is 1. The molecular formula is C13H22BrN3O2S. The van der Waals surface area contributed by atoms with Crippen LogP contribution in [-0.2, 0) is 10.0 Å². The molecule has 0 aliphatic rings. The first-order chi connectivity index (χ1) is 9.22. The Morgan fingerprint density at radius 1 is 1.35 bits per heavy atom. The van der Waals surface area contributed by atoms with Crippen LogP contribution in [0.5, 0.6) is 0 Å². The van der Waals surface area contributed by atoms with Gasteiger partial charge in [0.2, 0.25) is 10.0 Å². The van der Waals surface area contributed by atoms with Crippen molar-refractivity contribution in [1.29, 1.82) is 0 Å². The van der Waals surface area contributed by atoms with Crippen molar-refractivity contribution in [2.75, 3.05) is 11.9 Å². The van der Waals surface area contributed by atoms with E-state index in [2.05, 4.69) is 31.0 Å². The van der Waals surface area contributed by atoms with Crippen LogP contribution in [0.1, 0.15) is 40.5 Å². The van der Waals surface area contributed by atoms with Crippen molar-refractivity contribution in [2.45, 2.75) is 51.0 Å². The van der Waals surface area contributed by atoms with E-state index >= 15 is 0 Å². The third kappa shape index (κ3) is 4.71. The van der Waals surface area contributed by atoms with Crippen molar-refractivity contribution in [3.05, 3.63) is 16.7 Å². The van der Waals surface area contributed by atoms with Gasteiger partial charge in [0.25, 0.3) is 0 Å². The molecule has 1 aromatic rings. The molecule has 0 bridgehead atoms. The second-order valence-electron chi connectivity index (χ2n) is 5.27. The Hall–Kier alpha value is -0.660. The molecule has 0 fully saturated rings. The van der Waals surface area contributed by atoms with Crippen LogP contribution in [0.3, 0.4) is 0 Å². The molecule has 5 nitrogen and oxygen atoms in total. The fourth-order valence-corrected chi connectivity index (χ4v) is 4.10. The van der Waals surface area contributed by atoms with Crippen LogP contribution in [0, 0.1) is 0 Å². The second-order valence-corrected chi connectivity index (χ2v) is 7.84. The highest BCUT2D eigenvalue weighted by molar-refractivity contribution is 9.10. The van der Waals surface area contributed by atoms with Gasteiger partial charge in [0.05, 0.1) is 0 Å². The summed E-state index contributed by atoms with van der Waals surface area (Å²) < 4.78 is 28.5. The Balaban J connectivity index is 3.17. The monoisotopic (exact) mass is 363 g/mol. The Morgan fingerprint density at radius 3 is 2.55 bits per heavy atom. The third-order valence-electron chi connectivity index (χ3n) is 2.74. The van der Waals surface area contributed by atoms with Crippen LogP contribution in [0.2, 0.25) is 0 Å². The number of hydrogen-bond donors (Lipinski definition) is 2. The fourth-order valence-electron chi connectivity index (χ4n) is 2.02. The van der Waals surface area contributed by atoms with Gasteiger partial charge in [-0.05, 0) is 49.2 Å². The maximum absolute atomic E-state index is 12.6. The van der Waals surface area contributed by atoms with Gasteiger partial charge in [-0.3, -0.25) is 0 Å². The van der Waals surface area contributed by atoms with Gasteiger partial charge < -0.3 is 5.32 Å². The molecule has 20 heavy (non-hydrogen) atoms. The first kappa shape index (κ1) is 17.4. The molecule has 0 saturated heterocycles. The second kappa shape index (κ2) is 6.87. The van der Waals surface area contributed by atoms with E-state index in [4.69, 9.17) is 0 Å². The average molecular weight is 364 g/mol. The molecule has 0 amide bonds. The van der Waals surface area contributed by atoms with Gasteiger partial charge in [-0.1, -0.05) is 13.3 Å². The summed E-state index contributed by atoms with van der Waals surface area (Å²) >= 11 is 3.27. The predicted octanol–water partition coefficient (Wildman–Crippen LogP) is 3.13. The van der Waals surface area contributed by atoms with Crippen LogP contribution >= 0.6 is 15.9 Å². The molecule has 1 heterocycles. The molecule has 0 saturated carbocycles. The van der Waals surface area contributed by atoms with Crippen LogP contribution < -0.4 is 10.0 Å². The summed E-state index contributed by atoms with van der Waals surface area (Å²) in [4.78, 5) is 4.30. The average Bonchev–Trinajstić information content (AvgIpc) is 2.30. The van der Waals surface area contributed by atoms with Gasteiger partial charge >= 0.3 is 0 Å². The smallest absolute Gasteiger partial charge is 0.244 e. The standard InChI is InChI=1S/C13H22BrN3O2S/c1-5-7-13(3,4)17-20(18,19)11-8-10(14)9-16-12(11)15-6-2/h8-9,17H,5-7H2,1-4H3,(H,15,16). The van der Waals surface area contributed by atoms with Crippen molar-refractivity contribution in [3.8, 4) is 0 Å². The number of sulfonamides is 1. The molecular weight excluding hydrogens is 342 g/mol. The SMILES string of the molecule is CCCC(C)(C)NS(=O)(=O)c1cc(Br)cnc1NCC. The van der Waals surface area contributed by atoms with Gasteiger partial charge in [0, 0.05) is 22.8 Å². The minimum atomic E-state index is -3.62. The summed E-state index contributed by atoms with van der Waals surface area (Å²) in [5.74, 6) is 0.371. The molecule has 7 heteroatoms. The van der Waals surface area contributed by atoms with Crippen LogP contribution in [0.25, 0.3) is 0 Å². The lowest BCUT2D eigenvalue weighted by Gasteiger charge is -2.26. The Morgan fingerprint density at radius 2 is 2.00 bits per heavy atom. The molecule has 0 aliphatic carbocycles. The molecule has 0 spiro atoms. The molecule has 0 radical (unpaired) electrons. The normalized spacial score (nSPS) is 12.4. The van der Waals surface area contributed by atoms with Crippen molar-refractivity contribution in [2.24, 2.45) is 0 Å². The lowest BCUT2D eigenvalue weighted by atomic mass is 10.0. The molecule has 1 rings (SSSR count). The highest BCUT2D eigenvalue weighted by atomic mass is 79.9. The topological polar surface area (TPSA) is 71.1 Å². The summed E-state index contributed by atoms with van der Waals surface area (Å²) in [5.41, 5.74) is -0.487. The minimum Gasteiger partial charge on any atom is -0.369 e. The highest BCUT2D eigenvalue weighted by Gasteiger charge is 2.28. The van der Waals surface area contributed by atoms with Crippen LogP contribution in [-0.4, -0.2) is 25.5 Å². The van der Waals surface area contributed by atoms with Gasteiger partial charge in [-0.15, -0.1) is 0 Å². The molecule has 114 valence electrons.